The predicted octanol–water partition coefficient (Wildman–Crippen LogP) is 20.8. The maximum Gasteiger partial charge on any atom is 0.0449 e. The zero-order valence-electron chi connectivity index (χ0n) is 40.5. The first kappa shape index (κ1) is 45.0. The Morgan fingerprint density at radius 2 is 0.635 bits per heavy atom. The second kappa shape index (κ2) is 19.9. The van der Waals surface area contributed by atoms with Crippen LogP contribution in [0, 0.1) is 0 Å². The van der Waals surface area contributed by atoms with E-state index in [0.29, 0.717) is 0 Å². The molecule has 0 saturated carbocycles. The summed E-state index contributed by atoms with van der Waals surface area (Å²) in [5.41, 5.74) is 16.9. The van der Waals surface area contributed by atoms with E-state index in [-0.39, 0.29) is 0 Å². The summed E-state index contributed by atoms with van der Waals surface area (Å²) in [4.78, 5) is 5.10. The molecule has 0 spiro atoms. The fourth-order valence-corrected chi connectivity index (χ4v) is 12.7. The molecule has 0 radical (unpaired) electrons. The number of benzene rings is 11. The Kier molecular flexibility index (Phi) is 12.1. The van der Waals surface area contributed by atoms with Crippen LogP contribution in [0.3, 0.4) is 0 Å². The largest absolute Gasteiger partial charge is 0.134 e. The average molecular weight is 977 g/mol. The first-order valence-corrected chi connectivity index (χ1v) is 26.8. The summed E-state index contributed by atoms with van der Waals surface area (Å²) in [6, 6.07) is 102. The first-order chi connectivity index (χ1) is 36.7. The molecule has 0 fully saturated rings. The van der Waals surface area contributed by atoms with E-state index in [4.69, 9.17) is 0 Å². The summed E-state index contributed by atoms with van der Waals surface area (Å²) in [6.07, 6.45) is 4.64. The molecular formula is C72H48S2. The van der Waals surface area contributed by atoms with Gasteiger partial charge in [0.25, 0.3) is 0 Å². The van der Waals surface area contributed by atoms with Crippen LogP contribution in [0.2, 0.25) is 0 Å². The first-order valence-electron chi connectivity index (χ1n) is 25.2. The lowest BCUT2D eigenvalue weighted by molar-refractivity contribution is 1.55. The molecule has 0 saturated heterocycles. The van der Waals surface area contributed by atoms with Crippen molar-refractivity contribution in [1.29, 1.82) is 0 Å². The molecule has 11 aromatic carbocycles. The molecule has 74 heavy (non-hydrogen) atoms. The highest BCUT2D eigenvalue weighted by molar-refractivity contribution is 7.25. The van der Waals surface area contributed by atoms with Gasteiger partial charge in [0.2, 0.25) is 0 Å². The van der Waals surface area contributed by atoms with Crippen LogP contribution in [-0.4, -0.2) is 0 Å². The van der Waals surface area contributed by atoms with Gasteiger partial charge in [-0.3, -0.25) is 0 Å². The van der Waals surface area contributed by atoms with E-state index in [1.165, 1.54) is 119 Å². The molecule has 2 heterocycles. The van der Waals surface area contributed by atoms with Gasteiger partial charge < -0.3 is 0 Å². The molecule has 13 aromatic rings. The fourth-order valence-electron chi connectivity index (χ4n) is 10.6. The molecule has 0 aliphatic rings. The van der Waals surface area contributed by atoms with Crippen molar-refractivity contribution in [1.82, 2.24) is 0 Å². The van der Waals surface area contributed by atoms with Crippen LogP contribution in [0.1, 0.15) is 33.4 Å². The van der Waals surface area contributed by atoms with Gasteiger partial charge in [0, 0.05) is 19.5 Å². The third-order valence-corrected chi connectivity index (χ3v) is 16.6. The lowest BCUT2D eigenvalue weighted by Crippen LogP contribution is -1.92. The van der Waals surface area contributed by atoms with Gasteiger partial charge in [-0.1, -0.05) is 249 Å². The summed E-state index contributed by atoms with van der Waals surface area (Å²) in [5, 5.41) is 7.49. The average Bonchev–Trinajstić information content (AvgIpc) is 4.18. The topological polar surface area (TPSA) is 0 Å². The summed E-state index contributed by atoms with van der Waals surface area (Å²) in [5.74, 6) is 0. The van der Waals surface area contributed by atoms with Gasteiger partial charge >= 0.3 is 0 Å². The molecule has 0 atom stereocenters. The highest BCUT2D eigenvalue weighted by atomic mass is 32.1. The Morgan fingerprint density at radius 1 is 0.257 bits per heavy atom. The van der Waals surface area contributed by atoms with Gasteiger partial charge in [-0.2, -0.15) is 0 Å². The summed E-state index contributed by atoms with van der Waals surface area (Å²) in [7, 11) is 0. The molecule has 0 aliphatic heterocycles. The summed E-state index contributed by atoms with van der Waals surface area (Å²) in [6.45, 7) is 0. The fraction of sp³-hybridized carbons (Fsp3) is 0. The van der Waals surface area contributed by atoms with Crippen molar-refractivity contribution in [2.24, 2.45) is 0 Å². The highest BCUT2D eigenvalue weighted by Gasteiger charge is 2.19. The van der Waals surface area contributed by atoms with Crippen molar-refractivity contribution in [3.8, 4) is 52.9 Å². The van der Waals surface area contributed by atoms with Gasteiger partial charge in [-0.15, -0.1) is 22.7 Å². The van der Waals surface area contributed by atoms with Crippen molar-refractivity contribution >= 4 is 78.3 Å². The van der Waals surface area contributed by atoms with E-state index in [1.54, 1.807) is 0 Å². The normalized spacial score (nSPS) is 11.2. The van der Waals surface area contributed by atoms with Crippen LogP contribution in [0.15, 0.2) is 279 Å². The van der Waals surface area contributed by atoms with Gasteiger partial charge in [-0.25, -0.2) is 0 Å². The van der Waals surface area contributed by atoms with Gasteiger partial charge in [0.1, 0.15) is 0 Å². The van der Waals surface area contributed by atoms with Crippen molar-refractivity contribution in [2.75, 3.05) is 0 Å². The number of hydrogen-bond donors (Lipinski definition) is 0. The lowest BCUT2D eigenvalue weighted by Gasteiger charge is -2.19. The molecule has 0 bridgehead atoms. The molecule has 2 heteroatoms. The van der Waals surface area contributed by atoms with E-state index in [0.717, 1.165) is 11.1 Å². The predicted molar refractivity (Wildman–Crippen MR) is 322 cm³/mol. The molecular weight excluding hydrogens is 929 g/mol. The van der Waals surface area contributed by atoms with Crippen LogP contribution in [-0.2, 0) is 0 Å². The van der Waals surface area contributed by atoms with E-state index in [9.17, 15) is 0 Å². The Balaban J connectivity index is 0.940. The maximum absolute atomic E-state index is 2.45. The Bertz CT molecular complexity index is 4090. The molecule has 0 N–H and O–H groups in total. The molecule has 0 nitrogen and oxygen atoms in total. The van der Waals surface area contributed by atoms with Gasteiger partial charge in [-0.05, 0) is 153 Å². The van der Waals surface area contributed by atoms with Crippen molar-refractivity contribution in [3.63, 3.8) is 0 Å². The van der Waals surface area contributed by atoms with Crippen LogP contribution < -0.4 is 0 Å². The quantitative estimate of drug-likeness (QED) is 0.0895. The Hall–Kier alpha value is -8.92. The standard InChI is InChI=1S/C72H48S2/c1-5-18-52(19-6-1)64(53-20-7-2-8-21-53)46-49-32-36-56(37-33-49)71-61-29-15-16-30-62(61)72(57-38-34-50(35-39-57)47-65(54-22-9-3-10-23-54)55-24-11-4-12-25-55)66-48-58(40-41-63(66)71)67-42-44-69(73-67)70-45-43-68(74-70)60-31-17-27-51-26-13-14-28-59(51)60/h1-48H. The summed E-state index contributed by atoms with van der Waals surface area (Å²) >= 11 is 3.74. The molecule has 0 amide bonds. The number of thiophene rings is 2. The van der Waals surface area contributed by atoms with Crippen LogP contribution in [0.4, 0.5) is 0 Å². The number of hydrogen-bond acceptors (Lipinski definition) is 2. The van der Waals surface area contributed by atoms with E-state index >= 15 is 0 Å². The molecule has 13 rings (SSSR count). The second-order valence-corrected chi connectivity index (χ2v) is 20.9. The van der Waals surface area contributed by atoms with E-state index in [2.05, 4.69) is 291 Å². The third-order valence-electron chi connectivity index (χ3n) is 14.2. The van der Waals surface area contributed by atoms with Gasteiger partial charge in [0.15, 0.2) is 0 Å². The van der Waals surface area contributed by atoms with Crippen LogP contribution in [0.5, 0.6) is 0 Å². The van der Waals surface area contributed by atoms with E-state index < -0.39 is 0 Å². The SMILES string of the molecule is C(=C(c1ccccc1)c1ccccc1)c1ccc(-c2c3ccccc3c(-c3ccc(C=C(c4ccccc4)c4ccccc4)cc3)c3cc(-c4ccc(-c5ccc(-c6cccc7ccccc67)s5)s4)ccc23)cc1. The van der Waals surface area contributed by atoms with Crippen molar-refractivity contribution < 1.29 is 0 Å². The second-order valence-electron chi connectivity index (χ2n) is 18.7. The van der Waals surface area contributed by atoms with E-state index in [1.807, 2.05) is 22.7 Å². The zero-order valence-corrected chi connectivity index (χ0v) is 42.2. The van der Waals surface area contributed by atoms with Crippen molar-refractivity contribution in [3.05, 3.63) is 312 Å². The minimum absolute atomic E-state index is 1.16. The molecule has 348 valence electrons. The lowest BCUT2D eigenvalue weighted by atomic mass is 9.85. The minimum atomic E-state index is 1.16. The monoisotopic (exact) mass is 976 g/mol. The number of fused-ring (bicyclic) bond motifs is 3. The minimum Gasteiger partial charge on any atom is -0.134 e. The molecule has 0 aliphatic carbocycles. The zero-order chi connectivity index (χ0) is 49.2. The Morgan fingerprint density at radius 3 is 1.15 bits per heavy atom. The van der Waals surface area contributed by atoms with Gasteiger partial charge in [0.05, 0.1) is 0 Å². The maximum atomic E-state index is 2.45. The van der Waals surface area contributed by atoms with Crippen LogP contribution in [0.25, 0.3) is 109 Å². The highest BCUT2D eigenvalue weighted by Crippen LogP contribution is 2.47. The Labute approximate surface area is 440 Å². The smallest absolute Gasteiger partial charge is 0.0449 e. The molecule has 0 unspecified atom stereocenters. The van der Waals surface area contributed by atoms with Crippen LogP contribution >= 0.6 is 22.7 Å². The van der Waals surface area contributed by atoms with Crippen molar-refractivity contribution in [2.45, 2.75) is 0 Å². The molecule has 2 aromatic heterocycles. The third kappa shape index (κ3) is 8.81. The summed E-state index contributed by atoms with van der Waals surface area (Å²) < 4.78 is 0. The number of rotatable bonds is 11.